The summed E-state index contributed by atoms with van der Waals surface area (Å²) in [6.07, 6.45) is 1.57. The molecule has 1 aromatic heterocycles. The summed E-state index contributed by atoms with van der Waals surface area (Å²) in [5.74, 6) is 1.39. The zero-order valence-corrected chi connectivity index (χ0v) is 19.0. The highest BCUT2D eigenvalue weighted by Crippen LogP contribution is 2.30. The molecular formula is C24H22N4O4S. The van der Waals surface area contributed by atoms with Gasteiger partial charge in [-0.1, -0.05) is 30.0 Å². The minimum atomic E-state index is -0.300. The molecule has 2 amide bonds. The predicted molar refractivity (Wildman–Crippen MR) is 128 cm³/mol. The number of ether oxygens (including phenoxy) is 2. The van der Waals surface area contributed by atoms with Crippen LogP contribution in [0.4, 0.5) is 10.5 Å². The Morgan fingerprint density at radius 3 is 2.67 bits per heavy atom. The summed E-state index contributed by atoms with van der Waals surface area (Å²) in [4.78, 5) is 28.9. The molecule has 0 saturated heterocycles. The van der Waals surface area contributed by atoms with Crippen molar-refractivity contribution in [2.75, 3.05) is 25.3 Å². The van der Waals surface area contributed by atoms with Crippen LogP contribution in [-0.4, -0.2) is 46.8 Å². The molecular weight excluding hydrogens is 440 g/mol. The maximum atomic E-state index is 12.5. The highest BCUT2D eigenvalue weighted by atomic mass is 32.2. The molecule has 4 rings (SSSR count). The van der Waals surface area contributed by atoms with Crippen molar-refractivity contribution in [2.24, 2.45) is 5.10 Å². The minimum Gasteiger partial charge on any atom is -0.493 e. The lowest BCUT2D eigenvalue weighted by molar-refractivity contribution is 0.102. The van der Waals surface area contributed by atoms with Crippen LogP contribution in [0.2, 0.25) is 0 Å². The van der Waals surface area contributed by atoms with Gasteiger partial charge in [-0.15, -0.1) is 0 Å². The summed E-state index contributed by atoms with van der Waals surface area (Å²) in [6.45, 7) is 0.274. The Bertz CT molecular complexity index is 1200. The number of nitrogens with one attached hydrogen (secondary N) is 1. The van der Waals surface area contributed by atoms with E-state index in [4.69, 9.17) is 9.47 Å². The Morgan fingerprint density at radius 1 is 1.06 bits per heavy atom. The highest BCUT2D eigenvalue weighted by Gasteiger charge is 2.23. The molecule has 2 heterocycles. The molecule has 33 heavy (non-hydrogen) atoms. The number of hydrogen-bond donors (Lipinski definition) is 1. The molecule has 1 aliphatic rings. The molecule has 0 fully saturated rings. The lowest BCUT2D eigenvalue weighted by Crippen LogP contribution is -2.29. The normalized spacial score (nSPS) is 13.3. The van der Waals surface area contributed by atoms with Gasteiger partial charge in [-0.2, -0.15) is 5.10 Å². The van der Waals surface area contributed by atoms with E-state index >= 15 is 0 Å². The molecule has 0 atom stereocenters. The van der Waals surface area contributed by atoms with Crippen LogP contribution in [0.5, 0.6) is 11.5 Å². The number of anilines is 1. The average molecular weight is 463 g/mol. The number of nitrogens with zero attached hydrogens (tertiary/aromatic N) is 3. The van der Waals surface area contributed by atoms with Crippen molar-refractivity contribution in [3.05, 3.63) is 83.7 Å². The van der Waals surface area contributed by atoms with Crippen LogP contribution in [0.15, 0.2) is 72.0 Å². The van der Waals surface area contributed by atoms with Gasteiger partial charge < -0.3 is 14.8 Å². The number of carbonyl (C=O) groups excluding carboxylic acids is 2. The number of methoxy groups -OCH3 is 2. The number of amides is 2. The second-order valence-electron chi connectivity index (χ2n) is 7.10. The fraction of sp³-hybridized carbons (Fsp3) is 0.167. The molecule has 8 nitrogen and oxygen atoms in total. The third-order valence-electron chi connectivity index (χ3n) is 4.92. The minimum absolute atomic E-state index is 0.137. The molecule has 1 N–H and O–H groups in total. The molecule has 0 radical (unpaired) electrons. The molecule has 0 bridgehead atoms. The van der Waals surface area contributed by atoms with Crippen molar-refractivity contribution in [3.8, 4) is 11.5 Å². The van der Waals surface area contributed by atoms with Crippen LogP contribution < -0.4 is 14.8 Å². The van der Waals surface area contributed by atoms with E-state index in [1.807, 2.05) is 36.4 Å². The van der Waals surface area contributed by atoms with Gasteiger partial charge >= 0.3 is 5.24 Å². The zero-order valence-electron chi connectivity index (χ0n) is 18.1. The molecule has 0 unspecified atom stereocenters. The van der Waals surface area contributed by atoms with Gasteiger partial charge in [0.25, 0.3) is 5.91 Å². The van der Waals surface area contributed by atoms with Crippen LogP contribution in [0.1, 0.15) is 21.6 Å². The first-order valence-corrected chi connectivity index (χ1v) is 11.1. The SMILES string of the molecule is COc1ccc(C2=NN(Cc3cccc(NC(=O)c4ccccn4)c3)C(=O)SC2)cc1OC. The first-order chi connectivity index (χ1) is 16.1. The zero-order chi connectivity index (χ0) is 23.2. The van der Waals surface area contributed by atoms with E-state index in [0.717, 1.165) is 16.8 Å². The van der Waals surface area contributed by atoms with Gasteiger partial charge in [-0.05, 0) is 48.0 Å². The van der Waals surface area contributed by atoms with Crippen molar-refractivity contribution in [1.82, 2.24) is 9.99 Å². The summed E-state index contributed by atoms with van der Waals surface area (Å²) >= 11 is 1.19. The summed E-state index contributed by atoms with van der Waals surface area (Å²) in [5.41, 5.74) is 3.40. The number of thioether (sulfide) groups is 1. The summed E-state index contributed by atoms with van der Waals surface area (Å²) < 4.78 is 10.7. The van der Waals surface area contributed by atoms with E-state index in [-0.39, 0.29) is 17.7 Å². The highest BCUT2D eigenvalue weighted by molar-refractivity contribution is 8.14. The Labute approximate surface area is 195 Å². The number of hydrogen-bond acceptors (Lipinski definition) is 7. The predicted octanol–water partition coefficient (Wildman–Crippen LogP) is 4.42. The molecule has 9 heteroatoms. The van der Waals surface area contributed by atoms with E-state index in [9.17, 15) is 9.59 Å². The van der Waals surface area contributed by atoms with Crippen LogP contribution in [0, 0.1) is 0 Å². The monoisotopic (exact) mass is 462 g/mol. The van der Waals surface area contributed by atoms with Gasteiger partial charge in [-0.3, -0.25) is 14.6 Å². The number of hydrazone groups is 1. The van der Waals surface area contributed by atoms with Gasteiger partial charge in [-0.25, -0.2) is 5.01 Å². The molecule has 0 spiro atoms. The number of benzene rings is 2. The van der Waals surface area contributed by atoms with Crippen LogP contribution in [0.3, 0.4) is 0 Å². The van der Waals surface area contributed by atoms with Gasteiger partial charge in [0.2, 0.25) is 0 Å². The van der Waals surface area contributed by atoms with Crippen molar-refractivity contribution >= 4 is 34.3 Å². The quantitative estimate of drug-likeness (QED) is 0.559. The lowest BCUT2D eigenvalue weighted by atomic mass is 10.1. The van der Waals surface area contributed by atoms with Crippen LogP contribution in [-0.2, 0) is 6.54 Å². The Hall–Kier alpha value is -3.85. The van der Waals surface area contributed by atoms with E-state index in [0.29, 0.717) is 28.6 Å². The van der Waals surface area contributed by atoms with Gasteiger partial charge in [0.05, 0.1) is 26.5 Å². The lowest BCUT2D eigenvalue weighted by Gasteiger charge is -2.23. The fourth-order valence-corrected chi connectivity index (χ4v) is 4.03. The van der Waals surface area contributed by atoms with Crippen molar-refractivity contribution < 1.29 is 19.1 Å². The third kappa shape index (κ3) is 5.32. The summed E-state index contributed by atoms with van der Waals surface area (Å²) in [5, 5.41) is 8.71. The number of rotatable bonds is 7. The number of aromatic nitrogens is 1. The molecule has 1 aliphatic heterocycles. The first kappa shape index (κ1) is 22.3. The van der Waals surface area contributed by atoms with Gasteiger partial charge in [0.1, 0.15) is 5.69 Å². The Morgan fingerprint density at radius 2 is 1.91 bits per heavy atom. The van der Waals surface area contributed by atoms with Gasteiger partial charge in [0, 0.05) is 23.2 Å². The third-order valence-corrected chi connectivity index (χ3v) is 5.79. The van der Waals surface area contributed by atoms with E-state index < -0.39 is 0 Å². The van der Waals surface area contributed by atoms with E-state index in [2.05, 4.69) is 15.4 Å². The van der Waals surface area contributed by atoms with E-state index in [1.54, 1.807) is 44.7 Å². The van der Waals surface area contributed by atoms with Crippen LogP contribution in [0.25, 0.3) is 0 Å². The average Bonchev–Trinajstić information content (AvgIpc) is 2.85. The number of carbonyl (C=O) groups is 2. The maximum Gasteiger partial charge on any atom is 0.302 e. The molecule has 2 aromatic carbocycles. The smallest absolute Gasteiger partial charge is 0.302 e. The second kappa shape index (κ2) is 10.2. The van der Waals surface area contributed by atoms with Gasteiger partial charge in [0.15, 0.2) is 11.5 Å². The second-order valence-corrected chi connectivity index (χ2v) is 8.02. The Balaban J connectivity index is 1.51. The maximum absolute atomic E-state index is 12.5. The molecule has 0 aliphatic carbocycles. The standard InChI is InChI=1S/C24H22N4O4S/c1-31-21-10-9-17(13-22(21)32-2)20-15-33-24(30)28(27-20)14-16-6-5-7-18(12-16)26-23(29)19-8-3-4-11-25-19/h3-13H,14-15H2,1-2H3,(H,26,29). The van der Waals surface area contributed by atoms with Crippen molar-refractivity contribution in [1.29, 1.82) is 0 Å². The first-order valence-electron chi connectivity index (χ1n) is 10.1. The summed E-state index contributed by atoms with van der Waals surface area (Å²) in [7, 11) is 3.16. The molecule has 3 aromatic rings. The van der Waals surface area contributed by atoms with Crippen molar-refractivity contribution in [3.63, 3.8) is 0 Å². The van der Waals surface area contributed by atoms with Crippen molar-refractivity contribution in [2.45, 2.75) is 6.54 Å². The van der Waals surface area contributed by atoms with Crippen LogP contribution >= 0.6 is 11.8 Å². The largest absolute Gasteiger partial charge is 0.493 e. The number of pyridine rings is 1. The fourth-order valence-electron chi connectivity index (χ4n) is 3.29. The summed E-state index contributed by atoms with van der Waals surface area (Å²) in [6, 6.07) is 18.0. The molecule has 0 saturated carbocycles. The molecule has 168 valence electrons. The topological polar surface area (TPSA) is 93.1 Å². The Kier molecular flexibility index (Phi) is 6.89. The van der Waals surface area contributed by atoms with E-state index in [1.165, 1.54) is 16.8 Å².